The molecule has 0 aliphatic carbocycles. The van der Waals surface area contributed by atoms with Crippen LogP contribution in [-0.4, -0.2) is 33.8 Å². The first-order valence-corrected chi connectivity index (χ1v) is 9.11. The molecule has 0 spiro atoms. The van der Waals surface area contributed by atoms with Crippen LogP contribution in [0.15, 0.2) is 24.3 Å². The van der Waals surface area contributed by atoms with Gasteiger partial charge in [0.15, 0.2) is 0 Å². The molecule has 0 aromatic heterocycles. The third kappa shape index (κ3) is 4.17. The van der Waals surface area contributed by atoms with Gasteiger partial charge in [-0.2, -0.15) is 0 Å². The van der Waals surface area contributed by atoms with Crippen LogP contribution in [0, 0.1) is 11.7 Å². The summed E-state index contributed by atoms with van der Waals surface area (Å²) in [6, 6.07) is 6.03. The van der Waals surface area contributed by atoms with E-state index in [9.17, 15) is 12.8 Å². The average Bonchev–Trinajstić information content (AvgIpc) is 2.49. The number of para-hydroxylation sites is 1. The summed E-state index contributed by atoms with van der Waals surface area (Å²) in [5.41, 5.74) is 0.144. The van der Waals surface area contributed by atoms with Crippen molar-refractivity contribution in [2.75, 3.05) is 29.7 Å². The van der Waals surface area contributed by atoms with Crippen LogP contribution in [0.2, 0.25) is 0 Å². The number of halogens is 1. The summed E-state index contributed by atoms with van der Waals surface area (Å²) < 4.78 is 40.0. The van der Waals surface area contributed by atoms with Crippen LogP contribution in [0.3, 0.4) is 0 Å². The number of hydrogen-bond donors (Lipinski definition) is 1. The van der Waals surface area contributed by atoms with Crippen molar-refractivity contribution >= 4 is 15.7 Å². The van der Waals surface area contributed by atoms with Crippen molar-refractivity contribution in [1.82, 2.24) is 5.32 Å². The summed E-state index contributed by atoms with van der Waals surface area (Å²) in [6.07, 6.45) is 2.68. The zero-order valence-electron chi connectivity index (χ0n) is 12.4. The Morgan fingerprint density at radius 2 is 1.95 bits per heavy atom. The summed E-state index contributed by atoms with van der Waals surface area (Å²) in [5, 5.41) is 3.27. The van der Waals surface area contributed by atoms with E-state index in [0.29, 0.717) is 12.3 Å². The second-order valence-electron chi connectivity index (χ2n) is 5.41. The van der Waals surface area contributed by atoms with E-state index in [4.69, 9.17) is 0 Å². The van der Waals surface area contributed by atoms with E-state index in [1.54, 1.807) is 19.1 Å². The molecule has 6 heteroatoms. The van der Waals surface area contributed by atoms with Gasteiger partial charge < -0.3 is 5.32 Å². The fraction of sp³-hybridized carbons (Fsp3) is 0.600. The Hall–Kier alpha value is -1.14. The SMILES string of the molecule is CCN(c1ccccc1F)S(=O)(=O)CCC1CCNCC1. The van der Waals surface area contributed by atoms with Crippen molar-refractivity contribution in [1.29, 1.82) is 0 Å². The molecule has 118 valence electrons. The maximum absolute atomic E-state index is 13.8. The van der Waals surface area contributed by atoms with Crippen molar-refractivity contribution < 1.29 is 12.8 Å². The van der Waals surface area contributed by atoms with Crippen LogP contribution in [-0.2, 0) is 10.0 Å². The monoisotopic (exact) mass is 314 g/mol. The van der Waals surface area contributed by atoms with Gasteiger partial charge in [-0.1, -0.05) is 12.1 Å². The van der Waals surface area contributed by atoms with Gasteiger partial charge in [-0.15, -0.1) is 0 Å². The molecule has 1 fully saturated rings. The summed E-state index contributed by atoms with van der Waals surface area (Å²) in [7, 11) is -3.47. The first kappa shape index (κ1) is 16.2. The van der Waals surface area contributed by atoms with Crippen LogP contribution < -0.4 is 9.62 Å². The molecule has 4 nitrogen and oxygen atoms in total. The van der Waals surface area contributed by atoms with E-state index in [2.05, 4.69) is 5.32 Å². The van der Waals surface area contributed by atoms with Gasteiger partial charge in [-0.3, -0.25) is 4.31 Å². The number of nitrogens with one attached hydrogen (secondary N) is 1. The number of piperidine rings is 1. The molecule has 0 amide bonds. The highest BCUT2D eigenvalue weighted by Crippen LogP contribution is 2.24. The zero-order valence-corrected chi connectivity index (χ0v) is 13.2. The van der Waals surface area contributed by atoms with Gasteiger partial charge in [0.2, 0.25) is 10.0 Å². The Balaban J connectivity index is 2.07. The van der Waals surface area contributed by atoms with E-state index >= 15 is 0 Å². The molecule has 0 saturated carbocycles. The van der Waals surface area contributed by atoms with Crippen LogP contribution in [0.4, 0.5) is 10.1 Å². The van der Waals surface area contributed by atoms with Gasteiger partial charge in [-0.25, -0.2) is 12.8 Å². The highest BCUT2D eigenvalue weighted by atomic mass is 32.2. The lowest BCUT2D eigenvalue weighted by atomic mass is 9.96. The van der Waals surface area contributed by atoms with Crippen LogP contribution in [0.5, 0.6) is 0 Å². The molecule has 1 aliphatic rings. The minimum atomic E-state index is -3.47. The first-order chi connectivity index (χ1) is 10.0. The van der Waals surface area contributed by atoms with Gasteiger partial charge in [0.05, 0.1) is 11.4 Å². The number of sulfonamides is 1. The molecule has 0 radical (unpaired) electrons. The second-order valence-corrected chi connectivity index (χ2v) is 7.43. The number of benzene rings is 1. The predicted octanol–water partition coefficient (Wildman–Crippen LogP) is 2.37. The Labute approximate surface area is 126 Å². The van der Waals surface area contributed by atoms with Gasteiger partial charge in [0.1, 0.15) is 5.82 Å². The Bertz CT molecular complexity index is 557. The quantitative estimate of drug-likeness (QED) is 0.877. The van der Waals surface area contributed by atoms with Crippen LogP contribution in [0.25, 0.3) is 0 Å². The van der Waals surface area contributed by atoms with Gasteiger partial charge >= 0.3 is 0 Å². The molecule has 1 N–H and O–H groups in total. The average molecular weight is 314 g/mol. The normalized spacial score (nSPS) is 16.9. The maximum Gasteiger partial charge on any atom is 0.235 e. The topological polar surface area (TPSA) is 49.4 Å². The molecule has 0 bridgehead atoms. The van der Waals surface area contributed by atoms with Crippen LogP contribution in [0.1, 0.15) is 26.2 Å². The largest absolute Gasteiger partial charge is 0.317 e. The summed E-state index contributed by atoms with van der Waals surface area (Å²) in [5.74, 6) is 0.0324. The minimum Gasteiger partial charge on any atom is -0.317 e. The van der Waals surface area contributed by atoms with Gasteiger partial charge in [-0.05, 0) is 57.3 Å². The lowest BCUT2D eigenvalue weighted by Crippen LogP contribution is -2.35. The smallest absolute Gasteiger partial charge is 0.235 e. The molecule has 0 unspecified atom stereocenters. The highest BCUT2D eigenvalue weighted by Gasteiger charge is 2.25. The van der Waals surface area contributed by atoms with Crippen molar-refractivity contribution in [3.05, 3.63) is 30.1 Å². The molecule has 1 saturated heterocycles. The minimum absolute atomic E-state index is 0.0832. The third-order valence-corrected chi connectivity index (χ3v) is 5.86. The fourth-order valence-corrected chi connectivity index (χ4v) is 4.46. The van der Waals surface area contributed by atoms with E-state index in [1.165, 1.54) is 16.4 Å². The number of hydrogen-bond acceptors (Lipinski definition) is 3. The predicted molar refractivity (Wildman–Crippen MR) is 83.4 cm³/mol. The van der Waals surface area contributed by atoms with E-state index in [-0.39, 0.29) is 18.0 Å². The van der Waals surface area contributed by atoms with E-state index < -0.39 is 15.8 Å². The Morgan fingerprint density at radius 1 is 1.29 bits per heavy atom. The number of nitrogens with zero attached hydrogens (tertiary/aromatic N) is 1. The molecule has 0 atom stereocenters. The van der Waals surface area contributed by atoms with E-state index in [0.717, 1.165) is 25.9 Å². The fourth-order valence-electron chi connectivity index (χ4n) is 2.77. The Kier molecular flexibility index (Phi) is 5.58. The Morgan fingerprint density at radius 3 is 2.57 bits per heavy atom. The summed E-state index contributed by atoms with van der Waals surface area (Å²) >= 11 is 0. The molecular formula is C15H23FN2O2S. The third-order valence-electron chi connectivity index (χ3n) is 3.99. The standard InChI is InChI=1S/C15H23FN2O2S/c1-2-18(15-6-4-3-5-14(15)16)21(19,20)12-9-13-7-10-17-11-8-13/h3-6,13,17H,2,7-12H2,1H3. The van der Waals surface area contributed by atoms with Gasteiger partial charge in [0, 0.05) is 6.54 Å². The van der Waals surface area contributed by atoms with E-state index in [1.807, 2.05) is 0 Å². The summed E-state index contributed by atoms with van der Waals surface area (Å²) in [6.45, 7) is 3.88. The summed E-state index contributed by atoms with van der Waals surface area (Å²) in [4.78, 5) is 0. The molecule has 2 rings (SSSR count). The van der Waals surface area contributed by atoms with Crippen molar-refractivity contribution in [2.24, 2.45) is 5.92 Å². The molecule has 1 aromatic rings. The lowest BCUT2D eigenvalue weighted by Gasteiger charge is -2.26. The molecule has 1 aliphatic heterocycles. The van der Waals surface area contributed by atoms with Crippen molar-refractivity contribution in [3.63, 3.8) is 0 Å². The molecule has 1 heterocycles. The van der Waals surface area contributed by atoms with Crippen molar-refractivity contribution in [3.8, 4) is 0 Å². The zero-order chi connectivity index (χ0) is 15.3. The second kappa shape index (κ2) is 7.22. The van der Waals surface area contributed by atoms with Gasteiger partial charge in [0.25, 0.3) is 0 Å². The number of rotatable bonds is 6. The molecule has 1 aromatic carbocycles. The molecular weight excluding hydrogens is 291 g/mol. The molecule has 21 heavy (non-hydrogen) atoms. The highest BCUT2D eigenvalue weighted by molar-refractivity contribution is 7.92. The number of anilines is 1. The lowest BCUT2D eigenvalue weighted by molar-refractivity contribution is 0.365. The maximum atomic E-state index is 13.8. The first-order valence-electron chi connectivity index (χ1n) is 7.50. The van der Waals surface area contributed by atoms with Crippen LogP contribution >= 0.6 is 0 Å². The van der Waals surface area contributed by atoms with Crippen molar-refractivity contribution in [2.45, 2.75) is 26.2 Å².